The summed E-state index contributed by atoms with van der Waals surface area (Å²) in [4.78, 5) is 22.1. The molecule has 0 aliphatic carbocycles. The highest BCUT2D eigenvalue weighted by atomic mass is 16.5. The monoisotopic (exact) mass is 200 g/mol. The molecule has 5 nitrogen and oxygen atoms in total. The maximum Gasteiger partial charge on any atom is 0.324 e. The molecule has 80 valence electrons. The molecule has 0 aromatic rings. The Morgan fingerprint density at radius 1 is 1.57 bits per heavy atom. The summed E-state index contributed by atoms with van der Waals surface area (Å²) in [6.45, 7) is 2.67. The lowest BCUT2D eigenvalue weighted by atomic mass is 10.1. The molecule has 1 rings (SSSR count). The molecule has 1 atom stereocenters. The summed E-state index contributed by atoms with van der Waals surface area (Å²) in [5.74, 6) is -0.179. The van der Waals surface area contributed by atoms with Gasteiger partial charge in [0.05, 0.1) is 13.7 Å². The molecule has 0 amide bonds. The van der Waals surface area contributed by atoms with Gasteiger partial charge >= 0.3 is 5.97 Å². The number of hydrazine groups is 1. The summed E-state index contributed by atoms with van der Waals surface area (Å²) in [7, 11) is 1.37. The van der Waals surface area contributed by atoms with Crippen LogP contribution >= 0.6 is 0 Å². The Morgan fingerprint density at radius 3 is 2.86 bits per heavy atom. The number of carbonyl (C=O) groups excluding carboxylic acids is 2. The van der Waals surface area contributed by atoms with Crippen LogP contribution in [0.5, 0.6) is 0 Å². The van der Waals surface area contributed by atoms with Crippen LogP contribution in [0.1, 0.15) is 19.8 Å². The van der Waals surface area contributed by atoms with Gasteiger partial charge in [-0.25, -0.2) is 10.4 Å². The molecular formula is C9H16N2O3. The Morgan fingerprint density at radius 2 is 2.29 bits per heavy atom. The molecule has 1 fully saturated rings. The summed E-state index contributed by atoms with van der Waals surface area (Å²) in [5, 5.41) is 1.77. The van der Waals surface area contributed by atoms with E-state index >= 15 is 0 Å². The highest BCUT2D eigenvalue weighted by Crippen LogP contribution is 2.08. The Hall–Kier alpha value is -0.940. The lowest BCUT2D eigenvalue weighted by Crippen LogP contribution is -2.54. The van der Waals surface area contributed by atoms with Gasteiger partial charge in [-0.05, 0) is 19.8 Å². The quantitative estimate of drug-likeness (QED) is 0.635. The van der Waals surface area contributed by atoms with Gasteiger partial charge in [0.15, 0.2) is 0 Å². The number of carbonyl (C=O) groups is 2. The molecule has 0 spiro atoms. The molecule has 5 heteroatoms. The number of hydrogen-bond acceptors (Lipinski definition) is 5. The van der Waals surface area contributed by atoms with E-state index in [1.165, 1.54) is 14.0 Å². The Balaban J connectivity index is 2.43. The zero-order valence-electron chi connectivity index (χ0n) is 8.58. The van der Waals surface area contributed by atoms with Crippen molar-refractivity contribution in [3.63, 3.8) is 0 Å². The molecule has 0 aromatic heterocycles. The van der Waals surface area contributed by atoms with Gasteiger partial charge in [0.25, 0.3) is 0 Å². The highest BCUT2D eigenvalue weighted by Gasteiger charge is 2.25. The van der Waals surface area contributed by atoms with Crippen molar-refractivity contribution in [2.75, 3.05) is 20.2 Å². The van der Waals surface area contributed by atoms with Gasteiger partial charge in [-0.3, -0.25) is 9.59 Å². The summed E-state index contributed by atoms with van der Waals surface area (Å²) in [5.41, 5.74) is 2.97. The van der Waals surface area contributed by atoms with Crippen molar-refractivity contribution in [3.05, 3.63) is 0 Å². The van der Waals surface area contributed by atoms with Gasteiger partial charge in [0, 0.05) is 6.54 Å². The van der Waals surface area contributed by atoms with Gasteiger partial charge < -0.3 is 4.74 Å². The fraction of sp³-hybridized carbons (Fsp3) is 0.778. The second-order valence-electron chi connectivity index (χ2n) is 3.47. The first-order chi connectivity index (χ1) is 6.63. The summed E-state index contributed by atoms with van der Waals surface area (Å²) in [6.07, 6.45) is 1.67. The van der Waals surface area contributed by atoms with E-state index in [2.05, 4.69) is 10.2 Å². The third kappa shape index (κ3) is 3.08. The third-order valence-corrected chi connectivity index (χ3v) is 2.16. The van der Waals surface area contributed by atoms with Gasteiger partial charge in [-0.1, -0.05) is 0 Å². The molecule has 14 heavy (non-hydrogen) atoms. The Labute approximate surface area is 83.4 Å². The first kappa shape index (κ1) is 11.1. The molecule has 1 heterocycles. The number of ketones is 1. The van der Waals surface area contributed by atoms with Gasteiger partial charge in [-0.2, -0.15) is 0 Å². The molecule has 1 aliphatic heterocycles. The lowest BCUT2D eigenvalue weighted by molar-refractivity contribution is -0.146. The minimum absolute atomic E-state index is 0.0861. The minimum atomic E-state index is -0.298. The van der Waals surface area contributed by atoms with Crippen molar-refractivity contribution in [1.29, 1.82) is 0 Å². The molecule has 0 aromatic carbocycles. The van der Waals surface area contributed by atoms with Crippen molar-refractivity contribution in [2.24, 2.45) is 0 Å². The number of nitrogens with one attached hydrogen (secondary N) is 1. The van der Waals surface area contributed by atoms with Gasteiger partial charge in [0.1, 0.15) is 11.8 Å². The van der Waals surface area contributed by atoms with Crippen molar-refractivity contribution in [3.8, 4) is 0 Å². The average molecular weight is 200 g/mol. The molecule has 1 unspecified atom stereocenters. The Kier molecular flexibility index (Phi) is 4.03. The fourth-order valence-electron chi connectivity index (χ4n) is 1.54. The predicted octanol–water partition coefficient (Wildman–Crippen LogP) is -0.283. The van der Waals surface area contributed by atoms with Crippen LogP contribution in [0.3, 0.4) is 0 Å². The fourth-order valence-corrected chi connectivity index (χ4v) is 1.54. The van der Waals surface area contributed by atoms with Crippen molar-refractivity contribution >= 4 is 11.8 Å². The maximum atomic E-state index is 11.2. The number of nitrogens with zero attached hydrogens (tertiary/aromatic N) is 1. The van der Waals surface area contributed by atoms with Crippen molar-refractivity contribution < 1.29 is 14.3 Å². The van der Waals surface area contributed by atoms with E-state index in [0.717, 1.165) is 19.4 Å². The number of hydrogen-bond donors (Lipinski definition) is 1. The van der Waals surface area contributed by atoms with Crippen LogP contribution in [-0.2, 0) is 14.3 Å². The van der Waals surface area contributed by atoms with Crippen LogP contribution < -0.4 is 5.43 Å². The van der Waals surface area contributed by atoms with Crippen LogP contribution in [0, 0.1) is 0 Å². The number of Topliss-reactive ketones (excluding diaryl/α,β-unsaturated/α-hetero) is 1. The second kappa shape index (κ2) is 5.07. The van der Waals surface area contributed by atoms with Crippen LogP contribution in [0.4, 0.5) is 0 Å². The smallest absolute Gasteiger partial charge is 0.324 e. The molecule has 1 aliphatic rings. The SMILES string of the molecule is COC(=O)C1CCCN(CC(C)=O)N1. The first-order valence-corrected chi connectivity index (χ1v) is 4.72. The number of esters is 1. The minimum Gasteiger partial charge on any atom is -0.468 e. The van der Waals surface area contributed by atoms with Gasteiger partial charge in [0.2, 0.25) is 0 Å². The molecular weight excluding hydrogens is 184 g/mol. The van der Waals surface area contributed by atoms with E-state index in [0.29, 0.717) is 6.54 Å². The third-order valence-electron chi connectivity index (χ3n) is 2.16. The topological polar surface area (TPSA) is 58.6 Å². The standard InChI is InChI=1S/C9H16N2O3/c1-7(12)6-11-5-3-4-8(10-11)9(13)14-2/h8,10H,3-6H2,1-2H3. The molecule has 0 radical (unpaired) electrons. The molecule has 1 saturated heterocycles. The molecule has 1 N–H and O–H groups in total. The van der Waals surface area contributed by atoms with Gasteiger partial charge in [-0.15, -0.1) is 0 Å². The normalized spacial score (nSPS) is 23.1. The maximum absolute atomic E-state index is 11.2. The molecule has 0 saturated carbocycles. The average Bonchev–Trinajstić information content (AvgIpc) is 2.16. The summed E-state index contributed by atoms with van der Waals surface area (Å²) < 4.78 is 4.63. The summed E-state index contributed by atoms with van der Waals surface area (Å²) >= 11 is 0. The number of rotatable bonds is 3. The zero-order chi connectivity index (χ0) is 10.6. The van der Waals surface area contributed by atoms with E-state index in [4.69, 9.17) is 0 Å². The van der Waals surface area contributed by atoms with E-state index in [-0.39, 0.29) is 17.8 Å². The van der Waals surface area contributed by atoms with Crippen LogP contribution in [-0.4, -0.2) is 43.0 Å². The van der Waals surface area contributed by atoms with E-state index < -0.39 is 0 Å². The largest absolute Gasteiger partial charge is 0.468 e. The Bertz CT molecular complexity index is 230. The second-order valence-corrected chi connectivity index (χ2v) is 3.47. The molecule has 0 bridgehead atoms. The number of ether oxygens (including phenoxy) is 1. The van der Waals surface area contributed by atoms with E-state index in [9.17, 15) is 9.59 Å². The zero-order valence-corrected chi connectivity index (χ0v) is 8.58. The van der Waals surface area contributed by atoms with Crippen LogP contribution in [0.15, 0.2) is 0 Å². The van der Waals surface area contributed by atoms with Crippen LogP contribution in [0.25, 0.3) is 0 Å². The highest BCUT2D eigenvalue weighted by molar-refractivity contribution is 5.78. The van der Waals surface area contributed by atoms with Crippen LogP contribution in [0.2, 0.25) is 0 Å². The van der Waals surface area contributed by atoms with Crippen molar-refractivity contribution in [1.82, 2.24) is 10.4 Å². The predicted molar refractivity (Wildman–Crippen MR) is 50.4 cm³/mol. The van der Waals surface area contributed by atoms with E-state index in [1.54, 1.807) is 5.01 Å². The first-order valence-electron chi connectivity index (χ1n) is 4.72. The number of methoxy groups -OCH3 is 1. The summed E-state index contributed by atoms with van der Waals surface area (Å²) in [6, 6.07) is -0.298. The van der Waals surface area contributed by atoms with Crippen molar-refractivity contribution in [2.45, 2.75) is 25.8 Å². The van der Waals surface area contributed by atoms with E-state index in [1.807, 2.05) is 0 Å². The lowest BCUT2D eigenvalue weighted by Gasteiger charge is -2.31.